The van der Waals surface area contributed by atoms with Gasteiger partial charge in [0.25, 0.3) is 0 Å². The van der Waals surface area contributed by atoms with E-state index in [0.29, 0.717) is 5.16 Å². The molecule has 156 valence electrons. The summed E-state index contributed by atoms with van der Waals surface area (Å²) in [6.45, 7) is 4.17. The Morgan fingerprint density at radius 3 is 2.23 bits per heavy atom. The number of methoxy groups -OCH3 is 1. The topological polar surface area (TPSA) is 57.0 Å². The zero-order valence-corrected chi connectivity index (χ0v) is 18.5. The van der Waals surface area contributed by atoms with Crippen molar-refractivity contribution in [1.82, 2.24) is 14.8 Å². The third-order valence-corrected chi connectivity index (χ3v) is 6.33. The second-order valence-corrected chi connectivity index (χ2v) is 8.28. The van der Waals surface area contributed by atoms with Crippen molar-refractivity contribution in [3.63, 3.8) is 0 Å². The summed E-state index contributed by atoms with van der Waals surface area (Å²) in [6.07, 6.45) is 0. The monoisotopic (exact) mass is 429 g/mol. The van der Waals surface area contributed by atoms with Crippen LogP contribution in [-0.4, -0.2) is 27.8 Å². The van der Waals surface area contributed by atoms with Gasteiger partial charge < -0.3 is 4.74 Å². The van der Waals surface area contributed by atoms with E-state index in [1.165, 1.54) is 30.0 Å². The SMILES string of the molecule is COC(=O)C(Sc1nnc(-c2ccccc2)n1-c1ccc(C)c(C)c1)c1ccccc1. The molecular formula is C25H23N3O2S. The quantitative estimate of drug-likeness (QED) is 0.297. The molecule has 0 saturated heterocycles. The Hall–Kier alpha value is -3.38. The fraction of sp³-hybridized carbons (Fsp3) is 0.160. The molecule has 3 aromatic carbocycles. The van der Waals surface area contributed by atoms with Crippen LogP contribution in [0.2, 0.25) is 0 Å². The van der Waals surface area contributed by atoms with E-state index in [2.05, 4.69) is 42.2 Å². The molecule has 0 aliphatic heterocycles. The van der Waals surface area contributed by atoms with Gasteiger partial charge >= 0.3 is 5.97 Å². The lowest BCUT2D eigenvalue weighted by Gasteiger charge is -2.16. The zero-order valence-electron chi connectivity index (χ0n) is 17.6. The molecule has 0 radical (unpaired) electrons. The maximum atomic E-state index is 12.6. The second-order valence-electron chi connectivity index (χ2n) is 7.21. The van der Waals surface area contributed by atoms with Gasteiger partial charge in [0, 0.05) is 5.56 Å². The Kier molecular flexibility index (Phi) is 6.18. The van der Waals surface area contributed by atoms with Crippen LogP contribution in [0.3, 0.4) is 0 Å². The largest absolute Gasteiger partial charge is 0.468 e. The highest BCUT2D eigenvalue weighted by Gasteiger charge is 2.27. The van der Waals surface area contributed by atoms with Crippen molar-refractivity contribution in [2.24, 2.45) is 0 Å². The first-order valence-electron chi connectivity index (χ1n) is 9.96. The minimum Gasteiger partial charge on any atom is -0.468 e. The van der Waals surface area contributed by atoms with Gasteiger partial charge in [0.2, 0.25) is 0 Å². The summed E-state index contributed by atoms with van der Waals surface area (Å²) in [5.41, 5.74) is 5.15. The van der Waals surface area contributed by atoms with E-state index in [9.17, 15) is 4.79 Å². The standard InChI is InChI=1S/C25H23N3O2S/c1-17-14-15-21(16-18(17)2)28-23(20-12-8-5-9-13-20)26-27-25(28)31-22(24(29)30-3)19-10-6-4-7-11-19/h4-16,22H,1-3H3. The second kappa shape index (κ2) is 9.18. The Labute approximate surface area is 186 Å². The minimum absolute atomic E-state index is 0.327. The van der Waals surface area contributed by atoms with Crippen molar-refractivity contribution < 1.29 is 9.53 Å². The van der Waals surface area contributed by atoms with Gasteiger partial charge in [0.05, 0.1) is 12.8 Å². The van der Waals surface area contributed by atoms with E-state index in [1.54, 1.807) is 0 Å². The normalized spacial score (nSPS) is 11.8. The summed E-state index contributed by atoms with van der Waals surface area (Å²) in [6, 6.07) is 25.8. The number of aromatic nitrogens is 3. The van der Waals surface area contributed by atoms with Crippen LogP contribution in [0.1, 0.15) is 21.9 Å². The molecule has 1 heterocycles. The van der Waals surface area contributed by atoms with Crippen LogP contribution in [0.5, 0.6) is 0 Å². The number of hydrogen-bond acceptors (Lipinski definition) is 5. The van der Waals surface area contributed by atoms with E-state index in [4.69, 9.17) is 4.74 Å². The molecule has 4 aromatic rings. The maximum Gasteiger partial charge on any atom is 0.323 e. The number of thioether (sulfide) groups is 1. The average Bonchev–Trinajstić information content (AvgIpc) is 3.23. The van der Waals surface area contributed by atoms with Gasteiger partial charge in [-0.3, -0.25) is 9.36 Å². The highest BCUT2D eigenvalue weighted by Crippen LogP contribution is 2.38. The number of ether oxygens (including phenoxy) is 1. The molecule has 6 heteroatoms. The first kappa shape index (κ1) is 20.9. The summed E-state index contributed by atoms with van der Waals surface area (Å²) in [5, 5.41) is 9.03. The Morgan fingerprint density at radius 2 is 1.58 bits per heavy atom. The van der Waals surface area contributed by atoms with Crippen molar-refractivity contribution in [3.8, 4) is 17.1 Å². The number of carbonyl (C=O) groups is 1. The molecule has 4 rings (SSSR count). The molecular weight excluding hydrogens is 406 g/mol. The Bertz CT molecular complexity index is 1190. The molecule has 31 heavy (non-hydrogen) atoms. The summed E-state index contributed by atoms with van der Waals surface area (Å²) in [7, 11) is 1.41. The number of esters is 1. The van der Waals surface area contributed by atoms with E-state index in [-0.39, 0.29) is 5.97 Å². The van der Waals surface area contributed by atoms with Gasteiger partial charge in [-0.05, 0) is 42.7 Å². The molecule has 0 saturated carbocycles. The van der Waals surface area contributed by atoms with E-state index in [1.807, 2.05) is 65.2 Å². The van der Waals surface area contributed by atoms with Gasteiger partial charge in [0.15, 0.2) is 11.0 Å². The van der Waals surface area contributed by atoms with Crippen molar-refractivity contribution in [3.05, 3.63) is 95.6 Å². The summed E-state index contributed by atoms with van der Waals surface area (Å²) in [5.74, 6) is 0.398. The van der Waals surface area contributed by atoms with Gasteiger partial charge in [-0.1, -0.05) is 78.5 Å². The minimum atomic E-state index is -0.552. The highest BCUT2D eigenvalue weighted by molar-refractivity contribution is 8.00. The number of carbonyl (C=O) groups excluding carboxylic acids is 1. The van der Waals surface area contributed by atoms with Crippen molar-refractivity contribution >= 4 is 17.7 Å². The molecule has 0 aliphatic carbocycles. The third kappa shape index (κ3) is 4.39. The Morgan fingerprint density at radius 1 is 0.903 bits per heavy atom. The smallest absolute Gasteiger partial charge is 0.323 e. The molecule has 0 bridgehead atoms. The molecule has 0 N–H and O–H groups in total. The molecule has 1 atom stereocenters. The predicted octanol–water partition coefficient (Wildman–Crippen LogP) is 5.56. The fourth-order valence-corrected chi connectivity index (χ4v) is 4.39. The molecule has 0 fully saturated rings. The first-order chi connectivity index (χ1) is 15.1. The number of aryl methyl sites for hydroxylation is 2. The van der Waals surface area contributed by atoms with Crippen LogP contribution in [0.4, 0.5) is 0 Å². The zero-order chi connectivity index (χ0) is 21.8. The van der Waals surface area contributed by atoms with E-state index >= 15 is 0 Å². The lowest BCUT2D eigenvalue weighted by atomic mass is 10.1. The summed E-state index contributed by atoms with van der Waals surface area (Å²) >= 11 is 1.34. The van der Waals surface area contributed by atoms with E-state index < -0.39 is 5.25 Å². The van der Waals surface area contributed by atoms with E-state index in [0.717, 1.165) is 22.6 Å². The predicted molar refractivity (Wildman–Crippen MR) is 123 cm³/mol. The molecule has 1 aromatic heterocycles. The van der Waals surface area contributed by atoms with Crippen LogP contribution >= 0.6 is 11.8 Å². The van der Waals surface area contributed by atoms with Crippen LogP contribution in [0.25, 0.3) is 17.1 Å². The fourth-order valence-electron chi connectivity index (χ4n) is 3.31. The lowest BCUT2D eigenvalue weighted by molar-refractivity contribution is -0.140. The number of hydrogen-bond donors (Lipinski definition) is 0. The Balaban J connectivity index is 1.85. The third-order valence-electron chi connectivity index (χ3n) is 5.15. The van der Waals surface area contributed by atoms with Crippen molar-refractivity contribution in [2.75, 3.05) is 7.11 Å². The summed E-state index contributed by atoms with van der Waals surface area (Å²) in [4.78, 5) is 12.6. The van der Waals surface area contributed by atoms with Gasteiger partial charge in [-0.15, -0.1) is 10.2 Å². The highest BCUT2D eigenvalue weighted by atomic mass is 32.2. The molecule has 0 aliphatic rings. The van der Waals surface area contributed by atoms with Gasteiger partial charge in [-0.2, -0.15) is 0 Å². The van der Waals surface area contributed by atoms with Crippen LogP contribution in [0, 0.1) is 13.8 Å². The number of rotatable bonds is 6. The van der Waals surface area contributed by atoms with Gasteiger partial charge in [0.1, 0.15) is 5.25 Å². The van der Waals surface area contributed by atoms with Crippen LogP contribution < -0.4 is 0 Å². The molecule has 0 amide bonds. The number of benzene rings is 3. The van der Waals surface area contributed by atoms with Crippen LogP contribution in [0.15, 0.2) is 84.0 Å². The summed E-state index contributed by atoms with van der Waals surface area (Å²) < 4.78 is 7.10. The molecule has 5 nitrogen and oxygen atoms in total. The molecule has 1 unspecified atom stereocenters. The van der Waals surface area contributed by atoms with Gasteiger partial charge in [-0.25, -0.2) is 0 Å². The molecule has 0 spiro atoms. The number of nitrogens with zero attached hydrogens (tertiary/aromatic N) is 3. The van der Waals surface area contributed by atoms with Crippen molar-refractivity contribution in [1.29, 1.82) is 0 Å². The average molecular weight is 430 g/mol. The van der Waals surface area contributed by atoms with Crippen molar-refractivity contribution in [2.45, 2.75) is 24.3 Å². The van der Waals surface area contributed by atoms with Crippen LogP contribution in [-0.2, 0) is 9.53 Å². The first-order valence-corrected chi connectivity index (χ1v) is 10.8. The lowest BCUT2D eigenvalue weighted by Crippen LogP contribution is -2.12. The maximum absolute atomic E-state index is 12.6.